The van der Waals surface area contributed by atoms with Gasteiger partial charge in [-0.2, -0.15) is 5.10 Å². The average molecular weight is 469 g/mol. The van der Waals surface area contributed by atoms with Crippen molar-refractivity contribution in [1.82, 2.24) is 5.43 Å². The van der Waals surface area contributed by atoms with Crippen LogP contribution in [0.2, 0.25) is 5.02 Å². The number of ether oxygens (including phenoxy) is 2. The van der Waals surface area contributed by atoms with Crippen molar-refractivity contribution in [2.45, 2.75) is 13.3 Å². The zero-order valence-electron chi connectivity index (χ0n) is 15.3. The number of hydrazone groups is 1. The van der Waals surface area contributed by atoms with Crippen LogP contribution in [0.5, 0.6) is 11.5 Å². The molecule has 2 rings (SSSR count). The summed E-state index contributed by atoms with van der Waals surface area (Å²) < 4.78 is 11.5. The molecule has 0 fully saturated rings. The number of amides is 2. The van der Waals surface area contributed by atoms with Crippen LogP contribution in [0.15, 0.2) is 46.0 Å². The summed E-state index contributed by atoms with van der Waals surface area (Å²) in [5.74, 6) is 0.0644. The minimum absolute atomic E-state index is 0.390. The van der Waals surface area contributed by atoms with Gasteiger partial charge in [-0.3, -0.25) is 9.59 Å². The van der Waals surface area contributed by atoms with E-state index in [1.165, 1.54) is 13.3 Å². The van der Waals surface area contributed by atoms with Crippen LogP contribution in [0.3, 0.4) is 0 Å². The van der Waals surface area contributed by atoms with Crippen molar-refractivity contribution in [3.63, 3.8) is 0 Å². The molecule has 9 heteroatoms. The summed E-state index contributed by atoms with van der Waals surface area (Å²) in [5.41, 5.74) is 3.42. The topological polar surface area (TPSA) is 89.0 Å². The third kappa shape index (κ3) is 6.24. The van der Waals surface area contributed by atoms with Crippen LogP contribution in [0.1, 0.15) is 18.9 Å². The first-order valence-electron chi connectivity index (χ1n) is 8.31. The Kier molecular flexibility index (Phi) is 8.28. The summed E-state index contributed by atoms with van der Waals surface area (Å²) in [7, 11) is 1.53. The van der Waals surface area contributed by atoms with E-state index in [0.717, 1.165) is 0 Å². The van der Waals surface area contributed by atoms with Gasteiger partial charge in [0.2, 0.25) is 11.8 Å². The molecule has 2 aromatic carbocycles. The van der Waals surface area contributed by atoms with Gasteiger partial charge in [0, 0.05) is 0 Å². The van der Waals surface area contributed by atoms with Crippen LogP contribution in [0, 0.1) is 0 Å². The Morgan fingerprint density at radius 1 is 1.25 bits per heavy atom. The molecule has 0 unspecified atom stereocenters. The molecule has 0 radical (unpaired) electrons. The van der Waals surface area contributed by atoms with Gasteiger partial charge in [0.25, 0.3) is 0 Å². The maximum atomic E-state index is 11.9. The number of anilines is 1. The highest BCUT2D eigenvalue weighted by atomic mass is 79.9. The van der Waals surface area contributed by atoms with E-state index < -0.39 is 18.2 Å². The summed E-state index contributed by atoms with van der Waals surface area (Å²) in [6.45, 7) is 2.37. The number of hydrogen-bond donors (Lipinski definition) is 2. The van der Waals surface area contributed by atoms with Crippen molar-refractivity contribution in [3.8, 4) is 11.5 Å². The number of methoxy groups -OCH3 is 1. The molecule has 148 valence electrons. The smallest absolute Gasteiger partial charge is 0.249 e. The van der Waals surface area contributed by atoms with Crippen molar-refractivity contribution >= 4 is 51.2 Å². The van der Waals surface area contributed by atoms with Crippen molar-refractivity contribution in [2.75, 3.05) is 19.0 Å². The van der Waals surface area contributed by atoms with E-state index in [2.05, 4.69) is 31.8 Å². The second-order valence-electron chi connectivity index (χ2n) is 5.47. The standard InChI is InChI=1S/C19H19BrClN3O4/c1-3-28-19-13(20)8-12(9-16(19)27-2)11-22-24-18(26)10-17(25)23-15-7-5-4-6-14(15)21/h4-9,11H,3,10H2,1-2H3,(H,23,25)(H,24,26). The number of hydrogen-bond acceptors (Lipinski definition) is 5. The Bertz CT molecular complexity index is 889. The summed E-state index contributed by atoms with van der Waals surface area (Å²) in [6, 6.07) is 10.3. The summed E-state index contributed by atoms with van der Waals surface area (Å²) in [4.78, 5) is 23.8. The monoisotopic (exact) mass is 467 g/mol. The number of halogens is 2. The Hall–Kier alpha value is -2.58. The van der Waals surface area contributed by atoms with E-state index in [1.54, 1.807) is 36.4 Å². The molecule has 2 amide bonds. The fraction of sp³-hybridized carbons (Fsp3) is 0.211. The lowest BCUT2D eigenvalue weighted by molar-refractivity contribution is -0.126. The third-order valence-corrected chi connectivity index (χ3v) is 4.33. The molecule has 0 atom stereocenters. The molecule has 2 N–H and O–H groups in total. The predicted octanol–water partition coefficient (Wildman–Crippen LogP) is 3.99. The average Bonchev–Trinajstić information content (AvgIpc) is 2.65. The normalized spacial score (nSPS) is 10.6. The summed E-state index contributed by atoms with van der Waals surface area (Å²) >= 11 is 9.38. The molecule has 0 aliphatic carbocycles. The highest BCUT2D eigenvalue weighted by Gasteiger charge is 2.12. The van der Waals surface area contributed by atoms with Gasteiger partial charge >= 0.3 is 0 Å². The highest BCUT2D eigenvalue weighted by molar-refractivity contribution is 9.10. The van der Waals surface area contributed by atoms with E-state index >= 15 is 0 Å². The lowest BCUT2D eigenvalue weighted by Crippen LogP contribution is -2.24. The molecule has 0 aliphatic heterocycles. The molecule has 7 nitrogen and oxygen atoms in total. The van der Waals surface area contributed by atoms with Gasteiger partial charge in [-0.05, 0) is 52.7 Å². The Morgan fingerprint density at radius 2 is 2.00 bits per heavy atom. The first-order valence-corrected chi connectivity index (χ1v) is 9.48. The molecule has 0 spiro atoms. The van der Waals surface area contributed by atoms with E-state index in [-0.39, 0.29) is 0 Å². The molecule has 0 heterocycles. The zero-order chi connectivity index (χ0) is 20.5. The first kappa shape index (κ1) is 21.7. The van der Waals surface area contributed by atoms with Crippen molar-refractivity contribution in [2.24, 2.45) is 5.10 Å². The van der Waals surface area contributed by atoms with E-state index in [0.29, 0.717) is 38.9 Å². The minimum Gasteiger partial charge on any atom is -0.493 e. The van der Waals surface area contributed by atoms with Gasteiger partial charge in [-0.1, -0.05) is 23.7 Å². The lowest BCUT2D eigenvalue weighted by Gasteiger charge is -2.11. The van der Waals surface area contributed by atoms with Gasteiger partial charge in [-0.25, -0.2) is 5.43 Å². The largest absolute Gasteiger partial charge is 0.493 e. The van der Waals surface area contributed by atoms with Crippen molar-refractivity contribution < 1.29 is 19.1 Å². The van der Waals surface area contributed by atoms with Crippen molar-refractivity contribution in [3.05, 3.63) is 51.5 Å². The second-order valence-corrected chi connectivity index (χ2v) is 6.73. The van der Waals surface area contributed by atoms with Crippen LogP contribution < -0.4 is 20.2 Å². The maximum absolute atomic E-state index is 11.9. The SMILES string of the molecule is CCOc1c(Br)cc(C=NNC(=O)CC(=O)Nc2ccccc2Cl)cc1OC. The number of para-hydroxylation sites is 1. The van der Waals surface area contributed by atoms with Crippen LogP contribution in [-0.4, -0.2) is 31.7 Å². The highest BCUT2D eigenvalue weighted by Crippen LogP contribution is 2.36. The van der Waals surface area contributed by atoms with Crippen LogP contribution in [0.4, 0.5) is 5.69 Å². The number of nitrogens with one attached hydrogen (secondary N) is 2. The van der Waals surface area contributed by atoms with Crippen LogP contribution >= 0.6 is 27.5 Å². The molecule has 0 aliphatic rings. The molecule has 2 aromatic rings. The molecular formula is C19H19BrClN3O4. The molecule has 0 saturated heterocycles. The fourth-order valence-electron chi connectivity index (χ4n) is 2.22. The third-order valence-electron chi connectivity index (χ3n) is 3.41. The van der Waals surface area contributed by atoms with Gasteiger partial charge in [0.1, 0.15) is 6.42 Å². The van der Waals surface area contributed by atoms with Gasteiger partial charge in [0.05, 0.1) is 35.1 Å². The number of rotatable bonds is 8. The predicted molar refractivity (Wildman–Crippen MR) is 112 cm³/mol. The Balaban J connectivity index is 1.93. The second kappa shape index (κ2) is 10.7. The number of carbonyl (C=O) groups excluding carboxylic acids is 2. The number of nitrogens with zero attached hydrogens (tertiary/aromatic N) is 1. The van der Waals surface area contributed by atoms with Crippen LogP contribution in [0.25, 0.3) is 0 Å². The quantitative estimate of drug-likeness (QED) is 0.348. The zero-order valence-corrected chi connectivity index (χ0v) is 17.6. The lowest BCUT2D eigenvalue weighted by atomic mass is 10.2. The molecular weight excluding hydrogens is 450 g/mol. The number of benzene rings is 2. The Labute approximate surface area is 176 Å². The molecule has 0 bridgehead atoms. The van der Waals surface area contributed by atoms with E-state index in [4.69, 9.17) is 21.1 Å². The first-order chi connectivity index (χ1) is 13.4. The van der Waals surface area contributed by atoms with Gasteiger partial charge in [-0.15, -0.1) is 0 Å². The fourth-order valence-corrected chi connectivity index (χ4v) is 2.98. The molecule has 0 saturated carbocycles. The summed E-state index contributed by atoms with van der Waals surface area (Å²) in [5, 5.41) is 6.83. The molecule has 0 aromatic heterocycles. The van der Waals surface area contributed by atoms with Crippen LogP contribution in [-0.2, 0) is 9.59 Å². The maximum Gasteiger partial charge on any atom is 0.249 e. The van der Waals surface area contributed by atoms with E-state index in [1.807, 2.05) is 6.92 Å². The molecule has 28 heavy (non-hydrogen) atoms. The van der Waals surface area contributed by atoms with Gasteiger partial charge in [0.15, 0.2) is 11.5 Å². The Morgan fingerprint density at radius 3 is 2.68 bits per heavy atom. The minimum atomic E-state index is -0.558. The number of carbonyl (C=O) groups is 2. The van der Waals surface area contributed by atoms with E-state index in [9.17, 15) is 9.59 Å². The van der Waals surface area contributed by atoms with Crippen molar-refractivity contribution in [1.29, 1.82) is 0 Å². The summed E-state index contributed by atoms with van der Waals surface area (Å²) in [6.07, 6.45) is 1.05. The van der Waals surface area contributed by atoms with Gasteiger partial charge < -0.3 is 14.8 Å².